The molecule has 6 nitrogen and oxygen atoms in total. The zero-order chi connectivity index (χ0) is 22.0. The van der Waals surface area contributed by atoms with Crippen LogP contribution in [0.4, 0.5) is 0 Å². The topological polar surface area (TPSA) is 77.6 Å². The third-order valence-electron chi connectivity index (χ3n) is 6.65. The Bertz CT molecular complexity index is 969. The quantitative estimate of drug-likeness (QED) is 0.531. The summed E-state index contributed by atoms with van der Waals surface area (Å²) < 4.78 is 16.7. The SMILES string of the molecule is COc1ccc(OC)c([C@@H]2CC(=O)c3c([nH]c(C(=O)OC4CCCCCC4)c3C)C2)c1. The largest absolute Gasteiger partial charge is 0.497 e. The van der Waals surface area contributed by atoms with Gasteiger partial charge in [-0.15, -0.1) is 0 Å². The number of fused-ring (bicyclic) bond motifs is 1. The van der Waals surface area contributed by atoms with Crippen LogP contribution in [0, 0.1) is 6.92 Å². The van der Waals surface area contributed by atoms with Gasteiger partial charge in [-0.3, -0.25) is 4.79 Å². The van der Waals surface area contributed by atoms with Gasteiger partial charge in [0.25, 0.3) is 0 Å². The van der Waals surface area contributed by atoms with Crippen molar-refractivity contribution in [3.05, 3.63) is 46.3 Å². The monoisotopic (exact) mass is 425 g/mol. The van der Waals surface area contributed by atoms with Gasteiger partial charge in [-0.05, 0) is 62.8 Å². The molecular formula is C25H31NO5. The van der Waals surface area contributed by atoms with Crippen molar-refractivity contribution in [2.45, 2.75) is 70.3 Å². The van der Waals surface area contributed by atoms with Crippen molar-refractivity contribution in [2.75, 3.05) is 14.2 Å². The fourth-order valence-electron chi connectivity index (χ4n) is 4.99. The fourth-order valence-corrected chi connectivity index (χ4v) is 4.99. The smallest absolute Gasteiger partial charge is 0.355 e. The first-order chi connectivity index (χ1) is 15.0. The van der Waals surface area contributed by atoms with Gasteiger partial charge < -0.3 is 19.2 Å². The molecule has 1 atom stereocenters. The molecule has 31 heavy (non-hydrogen) atoms. The summed E-state index contributed by atoms with van der Waals surface area (Å²) in [6.45, 7) is 1.84. The van der Waals surface area contributed by atoms with Crippen LogP contribution < -0.4 is 9.47 Å². The predicted molar refractivity (Wildman–Crippen MR) is 117 cm³/mol. The second kappa shape index (κ2) is 9.16. The van der Waals surface area contributed by atoms with Gasteiger partial charge in [0.15, 0.2) is 5.78 Å². The molecule has 1 saturated carbocycles. The first-order valence-corrected chi connectivity index (χ1v) is 11.2. The van der Waals surface area contributed by atoms with E-state index in [0.29, 0.717) is 29.7 Å². The van der Waals surface area contributed by atoms with Crippen LogP contribution in [0.1, 0.15) is 88.5 Å². The molecule has 166 valence electrons. The van der Waals surface area contributed by atoms with E-state index in [4.69, 9.17) is 14.2 Å². The Hall–Kier alpha value is -2.76. The van der Waals surface area contributed by atoms with E-state index in [1.165, 1.54) is 12.8 Å². The van der Waals surface area contributed by atoms with Crippen LogP contribution >= 0.6 is 0 Å². The number of carbonyl (C=O) groups excluding carboxylic acids is 2. The maximum atomic E-state index is 13.1. The van der Waals surface area contributed by atoms with Gasteiger partial charge in [0, 0.05) is 29.2 Å². The summed E-state index contributed by atoms with van der Waals surface area (Å²) in [6.07, 6.45) is 7.40. The Balaban J connectivity index is 1.59. The number of nitrogens with one attached hydrogen (secondary N) is 1. The summed E-state index contributed by atoms with van der Waals surface area (Å²) >= 11 is 0. The molecule has 1 N–H and O–H groups in total. The van der Waals surface area contributed by atoms with E-state index >= 15 is 0 Å². The molecule has 0 amide bonds. The predicted octanol–water partition coefficient (Wildman–Crippen LogP) is 5.13. The molecule has 0 spiro atoms. The fraction of sp³-hybridized carbons (Fsp3) is 0.520. The lowest BCUT2D eigenvalue weighted by atomic mass is 9.81. The molecule has 2 aliphatic rings. The molecule has 6 heteroatoms. The van der Waals surface area contributed by atoms with E-state index in [2.05, 4.69) is 4.98 Å². The van der Waals surface area contributed by atoms with E-state index in [0.717, 1.165) is 48.4 Å². The lowest BCUT2D eigenvalue weighted by molar-refractivity contribution is 0.0260. The number of rotatable bonds is 5. The molecule has 4 rings (SSSR count). The number of aromatic amines is 1. The first-order valence-electron chi connectivity index (χ1n) is 11.2. The Morgan fingerprint density at radius 3 is 2.45 bits per heavy atom. The molecule has 0 saturated heterocycles. The molecule has 1 heterocycles. The van der Waals surface area contributed by atoms with E-state index in [1.54, 1.807) is 14.2 Å². The van der Waals surface area contributed by atoms with Crippen molar-refractivity contribution in [3.63, 3.8) is 0 Å². The first kappa shape index (κ1) is 21.5. The third kappa shape index (κ3) is 4.34. The Morgan fingerprint density at radius 2 is 1.77 bits per heavy atom. The number of ether oxygens (including phenoxy) is 3. The highest BCUT2D eigenvalue weighted by atomic mass is 16.5. The van der Waals surface area contributed by atoms with Crippen LogP contribution in [0.3, 0.4) is 0 Å². The standard InChI is InChI=1S/C25H31NO5/c1-15-23-20(26-24(15)25(28)31-17-8-6-4-5-7-9-17)12-16(13-21(23)27)19-14-18(29-2)10-11-22(19)30-3/h10-11,14,16-17,26H,4-9,12-13H2,1-3H3/t16-/m0/s1. The highest BCUT2D eigenvalue weighted by Crippen LogP contribution is 2.40. The minimum Gasteiger partial charge on any atom is -0.497 e. The molecule has 0 aliphatic heterocycles. The van der Waals surface area contributed by atoms with Crippen molar-refractivity contribution in [1.29, 1.82) is 0 Å². The summed E-state index contributed by atoms with van der Waals surface area (Å²) in [6, 6.07) is 5.64. The maximum absolute atomic E-state index is 13.1. The van der Waals surface area contributed by atoms with E-state index in [1.807, 2.05) is 25.1 Å². The Labute approximate surface area is 183 Å². The number of methoxy groups -OCH3 is 2. The van der Waals surface area contributed by atoms with Crippen LogP contribution in [0.15, 0.2) is 18.2 Å². The number of Topliss-reactive ketones (excluding diaryl/α,β-unsaturated/α-hetero) is 1. The molecule has 1 aromatic heterocycles. The molecule has 2 aromatic rings. The van der Waals surface area contributed by atoms with E-state index in [9.17, 15) is 9.59 Å². The van der Waals surface area contributed by atoms with E-state index in [-0.39, 0.29) is 23.8 Å². The number of benzene rings is 1. The summed E-state index contributed by atoms with van der Waals surface area (Å²) in [4.78, 5) is 29.2. The van der Waals surface area contributed by atoms with Crippen LogP contribution in [-0.4, -0.2) is 37.1 Å². The number of carbonyl (C=O) groups is 2. The lowest BCUT2D eigenvalue weighted by Crippen LogP contribution is -2.19. The molecular weight excluding hydrogens is 394 g/mol. The van der Waals surface area contributed by atoms with Crippen LogP contribution in [0.2, 0.25) is 0 Å². The highest BCUT2D eigenvalue weighted by Gasteiger charge is 2.34. The molecule has 1 aromatic carbocycles. The highest BCUT2D eigenvalue weighted by molar-refractivity contribution is 6.03. The minimum atomic E-state index is -0.345. The van der Waals surface area contributed by atoms with Crippen molar-refractivity contribution in [3.8, 4) is 11.5 Å². The third-order valence-corrected chi connectivity index (χ3v) is 6.65. The molecule has 0 bridgehead atoms. The number of aromatic nitrogens is 1. The maximum Gasteiger partial charge on any atom is 0.355 e. The Morgan fingerprint density at radius 1 is 1.03 bits per heavy atom. The van der Waals surface area contributed by atoms with E-state index < -0.39 is 0 Å². The zero-order valence-corrected chi connectivity index (χ0v) is 18.6. The van der Waals surface area contributed by atoms with Crippen molar-refractivity contribution in [1.82, 2.24) is 4.98 Å². The average molecular weight is 426 g/mol. The summed E-state index contributed by atoms with van der Waals surface area (Å²) in [5, 5.41) is 0. The van der Waals surface area contributed by atoms with Gasteiger partial charge in [0.2, 0.25) is 0 Å². The molecule has 2 aliphatic carbocycles. The minimum absolute atomic E-state index is 0.0285. The normalized spacial score (nSPS) is 19.5. The van der Waals surface area contributed by atoms with Crippen molar-refractivity contribution >= 4 is 11.8 Å². The number of hydrogen-bond donors (Lipinski definition) is 1. The van der Waals surface area contributed by atoms with Gasteiger partial charge in [0.05, 0.1) is 14.2 Å². The summed E-state index contributed by atoms with van der Waals surface area (Å²) in [5.74, 6) is 1.11. The zero-order valence-electron chi connectivity index (χ0n) is 18.6. The van der Waals surface area contributed by atoms with Gasteiger partial charge in [-0.1, -0.05) is 12.8 Å². The number of hydrogen-bond acceptors (Lipinski definition) is 5. The molecule has 0 unspecified atom stereocenters. The van der Waals surface area contributed by atoms with Crippen molar-refractivity contribution < 1.29 is 23.8 Å². The lowest BCUT2D eigenvalue weighted by Gasteiger charge is -2.24. The number of ketones is 1. The van der Waals surface area contributed by atoms with Gasteiger partial charge in [-0.2, -0.15) is 0 Å². The molecule has 1 fully saturated rings. The van der Waals surface area contributed by atoms with Crippen LogP contribution in [0.25, 0.3) is 0 Å². The van der Waals surface area contributed by atoms with Gasteiger partial charge in [0.1, 0.15) is 23.3 Å². The average Bonchev–Trinajstić information content (AvgIpc) is 2.93. The van der Waals surface area contributed by atoms with Crippen LogP contribution in [-0.2, 0) is 11.2 Å². The second-order valence-corrected chi connectivity index (χ2v) is 8.63. The number of H-pyrrole nitrogens is 1. The van der Waals surface area contributed by atoms with Crippen LogP contribution in [0.5, 0.6) is 11.5 Å². The van der Waals surface area contributed by atoms with Gasteiger partial charge >= 0.3 is 5.97 Å². The summed E-state index contributed by atoms with van der Waals surface area (Å²) in [5.41, 5.74) is 3.51. The van der Waals surface area contributed by atoms with Gasteiger partial charge in [-0.25, -0.2) is 4.79 Å². The Kier molecular flexibility index (Phi) is 6.35. The van der Waals surface area contributed by atoms with Crippen molar-refractivity contribution in [2.24, 2.45) is 0 Å². The molecule has 0 radical (unpaired) electrons. The second-order valence-electron chi connectivity index (χ2n) is 8.63. The number of esters is 1. The summed E-state index contributed by atoms with van der Waals surface area (Å²) in [7, 11) is 3.25.